The summed E-state index contributed by atoms with van der Waals surface area (Å²) in [6, 6.07) is 17.5. The van der Waals surface area contributed by atoms with Crippen molar-refractivity contribution < 1.29 is 23.9 Å². The largest absolute Gasteiger partial charge is 0.490 e. The number of hydrogen-bond acceptors (Lipinski definition) is 5. The SMILES string of the molecule is O=C(CCC(=O)N1CCc2ccccc21)N1CCC(N2CC(COc3ccccc3)OC2=O)CC1. The number of carbonyl (C=O) groups excluding carboxylic acids is 3. The Balaban J connectivity index is 1.05. The van der Waals surface area contributed by atoms with Crippen LogP contribution < -0.4 is 9.64 Å². The third-order valence-electron chi connectivity index (χ3n) is 7.08. The van der Waals surface area contributed by atoms with E-state index >= 15 is 0 Å². The summed E-state index contributed by atoms with van der Waals surface area (Å²) in [6.07, 6.45) is 2.10. The summed E-state index contributed by atoms with van der Waals surface area (Å²) in [4.78, 5) is 43.3. The van der Waals surface area contributed by atoms with Gasteiger partial charge in [0.2, 0.25) is 11.8 Å². The van der Waals surface area contributed by atoms with Gasteiger partial charge in [-0.25, -0.2) is 4.79 Å². The molecule has 0 N–H and O–H groups in total. The predicted molar refractivity (Wildman–Crippen MR) is 130 cm³/mol. The van der Waals surface area contributed by atoms with Crippen LogP contribution in [0.2, 0.25) is 0 Å². The van der Waals surface area contributed by atoms with Gasteiger partial charge in [0.25, 0.3) is 0 Å². The molecule has 0 saturated carbocycles. The Kier molecular flexibility index (Phi) is 6.88. The average Bonchev–Trinajstić information content (AvgIpc) is 3.50. The molecule has 0 bridgehead atoms. The van der Waals surface area contributed by atoms with Crippen LogP contribution in [0, 0.1) is 0 Å². The van der Waals surface area contributed by atoms with Gasteiger partial charge in [-0.2, -0.15) is 0 Å². The lowest BCUT2D eigenvalue weighted by Gasteiger charge is -2.35. The molecule has 0 radical (unpaired) electrons. The lowest BCUT2D eigenvalue weighted by atomic mass is 10.0. The van der Waals surface area contributed by atoms with E-state index < -0.39 is 0 Å². The van der Waals surface area contributed by atoms with E-state index in [1.54, 1.807) is 9.80 Å². The number of likely N-dealkylation sites (tertiary alicyclic amines) is 1. The minimum atomic E-state index is -0.312. The maximum Gasteiger partial charge on any atom is 0.410 e. The van der Waals surface area contributed by atoms with Crippen molar-refractivity contribution in [1.82, 2.24) is 9.80 Å². The normalized spacial score (nSPS) is 20.1. The molecule has 2 aromatic carbocycles. The van der Waals surface area contributed by atoms with Gasteiger partial charge in [-0.05, 0) is 43.0 Å². The molecule has 5 rings (SSSR count). The monoisotopic (exact) mass is 477 g/mol. The van der Waals surface area contributed by atoms with Crippen molar-refractivity contribution in [3.05, 3.63) is 60.2 Å². The summed E-state index contributed by atoms with van der Waals surface area (Å²) in [5.74, 6) is 0.755. The van der Waals surface area contributed by atoms with E-state index in [1.807, 2.05) is 59.5 Å². The third-order valence-corrected chi connectivity index (χ3v) is 7.08. The van der Waals surface area contributed by atoms with Gasteiger partial charge < -0.3 is 24.2 Å². The molecule has 35 heavy (non-hydrogen) atoms. The molecule has 0 aromatic heterocycles. The Labute approximate surface area is 205 Å². The molecular formula is C27H31N3O5. The number of piperidine rings is 1. The van der Waals surface area contributed by atoms with E-state index in [2.05, 4.69) is 0 Å². The van der Waals surface area contributed by atoms with Gasteiger partial charge >= 0.3 is 6.09 Å². The van der Waals surface area contributed by atoms with Crippen LogP contribution in [0.5, 0.6) is 5.75 Å². The van der Waals surface area contributed by atoms with Crippen molar-refractivity contribution in [2.75, 3.05) is 37.7 Å². The highest BCUT2D eigenvalue weighted by atomic mass is 16.6. The molecule has 2 aromatic rings. The molecular weight excluding hydrogens is 446 g/mol. The Morgan fingerprint density at radius 3 is 2.43 bits per heavy atom. The molecule has 2 fully saturated rings. The first kappa shape index (κ1) is 23.2. The van der Waals surface area contributed by atoms with Crippen LogP contribution in [0.4, 0.5) is 10.5 Å². The predicted octanol–water partition coefficient (Wildman–Crippen LogP) is 3.25. The standard InChI is InChI=1S/C27H31N3O5/c31-25(10-11-26(32)29-17-12-20-6-4-5-9-24(20)29)28-15-13-21(14-16-28)30-18-23(35-27(30)33)19-34-22-7-2-1-3-8-22/h1-9,21,23H,10-19H2. The molecule has 3 amide bonds. The van der Waals surface area contributed by atoms with Crippen LogP contribution in [-0.2, 0) is 20.7 Å². The van der Waals surface area contributed by atoms with E-state index in [1.165, 1.54) is 5.56 Å². The van der Waals surface area contributed by atoms with E-state index in [0.29, 0.717) is 45.6 Å². The number of cyclic esters (lactones) is 1. The lowest BCUT2D eigenvalue weighted by molar-refractivity contribution is -0.134. The molecule has 8 nitrogen and oxygen atoms in total. The molecule has 1 unspecified atom stereocenters. The van der Waals surface area contributed by atoms with Crippen LogP contribution in [0.15, 0.2) is 54.6 Å². The summed E-state index contributed by atoms with van der Waals surface area (Å²) >= 11 is 0. The maximum atomic E-state index is 12.8. The Hall–Kier alpha value is -3.55. The highest BCUT2D eigenvalue weighted by Crippen LogP contribution is 2.28. The van der Waals surface area contributed by atoms with Crippen molar-refractivity contribution in [3.8, 4) is 5.75 Å². The number of nitrogens with zero attached hydrogens (tertiary/aromatic N) is 3. The van der Waals surface area contributed by atoms with Crippen LogP contribution >= 0.6 is 0 Å². The zero-order valence-electron chi connectivity index (χ0n) is 19.8. The first-order valence-corrected chi connectivity index (χ1v) is 12.4. The smallest absolute Gasteiger partial charge is 0.410 e. The van der Waals surface area contributed by atoms with E-state index in [0.717, 1.165) is 17.9 Å². The van der Waals surface area contributed by atoms with Crippen LogP contribution in [0.3, 0.4) is 0 Å². The van der Waals surface area contributed by atoms with Crippen molar-refractivity contribution >= 4 is 23.6 Å². The quantitative estimate of drug-likeness (QED) is 0.612. The summed E-state index contributed by atoms with van der Waals surface area (Å²) < 4.78 is 11.2. The van der Waals surface area contributed by atoms with Gasteiger partial charge in [-0.1, -0.05) is 36.4 Å². The topological polar surface area (TPSA) is 79.4 Å². The summed E-state index contributed by atoms with van der Waals surface area (Å²) in [5.41, 5.74) is 2.15. The van der Waals surface area contributed by atoms with Crippen LogP contribution in [-0.4, -0.2) is 72.6 Å². The fraction of sp³-hybridized carbons (Fsp3) is 0.444. The highest BCUT2D eigenvalue weighted by Gasteiger charge is 2.38. The van der Waals surface area contributed by atoms with E-state index in [4.69, 9.17) is 9.47 Å². The van der Waals surface area contributed by atoms with Crippen molar-refractivity contribution in [1.29, 1.82) is 0 Å². The summed E-state index contributed by atoms with van der Waals surface area (Å²) in [6.45, 7) is 2.66. The number of amides is 3. The Bertz CT molecular complexity index is 1070. The number of fused-ring (bicyclic) bond motifs is 1. The Morgan fingerprint density at radius 2 is 1.63 bits per heavy atom. The van der Waals surface area contributed by atoms with E-state index in [-0.39, 0.29) is 42.9 Å². The fourth-order valence-electron chi connectivity index (χ4n) is 5.16. The zero-order chi connectivity index (χ0) is 24.2. The van der Waals surface area contributed by atoms with Crippen molar-refractivity contribution in [2.45, 2.75) is 44.2 Å². The minimum Gasteiger partial charge on any atom is -0.490 e. The molecule has 3 aliphatic rings. The molecule has 2 saturated heterocycles. The second kappa shape index (κ2) is 10.4. The summed E-state index contributed by atoms with van der Waals surface area (Å²) in [7, 11) is 0. The first-order chi connectivity index (χ1) is 17.1. The lowest BCUT2D eigenvalue weighted by Crippen LogP contribution is -2.47. The molecule has 0 aliphatic carbocycles. The number of anilines is 1. The van der Waals surface area contributed by atoms with Crippen LogP contribution in [0.25, 0.3) is 0 Å². The fourth-order valence-corrected chi connectivity index (χ4v) is 5.16. The van der Waals surface area contributed by atoms with E-state index in [9.17, 15) is 14.4 Å². The average molecular weight is 478 g/mol. The van der Waals surface area contributed by atoms with Gasteiger partial charge in [-0.3, -0.25) is 9.59 Å². The zero-order valence-corrected chi connectivity index (χ0v) is 19.8. The van der Waals surface area contributed by atoms with Gasteiger partial charge in [0.1, 0.15) is 12.4 Å². The number of ether oxygens (including phenoxy) is 2. The molecule has 1 atom stereocenters. The minimum absolute atomic E-state index is 0.00163. The van der Waals surface area contributed by atoms with Gasteiger partial charge in [0, 0.05) is 44.2 Å². The van der Waals surface area contributed by atoms with Gasteiger partial charge in [-0.15, -0.1) is 0 Å². The molecule has 8 heteroatoms. The van der Waals surface area contributed by atoms with Crippen LogP contribution in [0.1, 0.15) is 31.2 Å². The molecule has 3 aliphatic heterocycles. The molecule has 184 valence electrons. The van der Waals surface area contributed by atoms with Crippen molar-refractivity contribution in [3.63, 3.8) is 0 Å². The maximum absolute atomic E-state index is 12.8. The number of benzene rings is 2. The Morgan fingerprint density at radius 1 is 0.914 bits per heavy atom. The second-order valence-electron chi connectivity index (χ2n) is 9.32. The molecule has 3 heterocycles. The number of rotatable bonds is 7. The highest BCUT2D eigenvalue weighted by molar-refractivity contribution is 5.97. The third kappa shape index (κ3) is 5.26. The number of hydrogen-bond donors (Lipinski definition) is 0. The first-order valence-electron chi connectivity index (χ1n) is 12.4. The van der Waals surface area contributed by atoms with Gasteiger partial charge in [0.15, 0.2) is 6.10 Å². The van der Waals surface area contributed by atoms with Gasteiger partial charge in [0.05, 0.1) is 6.54 Å². The number of para-hydroxylation sites is 2. The second-order valence-corrected chi connectivity index (χ2v) is 9.32. The summed E-state index contributed by atoms with van der Waals surface area (Å²) in [5, 5.41) is 0. The van der Waals surface area contributed by atoms with Crippen molar-refractivity contribution in [2.24, 2.45) is 0 Å². The molecule has 0 spiro atoms. The number of carbonyl (C=O) groups is 3.